The molecule has 1 aliphatic heterocycles. The lowest BCUT2D eigenvalue weighted by atomic mass is 10.1. The summed E-state index contributed by atoms with van der Waals surface area (Å²) in [5.41, 5.74) is 3.98. The Morgan fingerprint density at radius 3 is 2.59 bits per heavy atom. The van der Waals surface area contributed by atoms with Crippen LogP contribution in [0.1, 0.15) is 22.3 Å². The quantitative estimate of drug-likeness (QED) is 0.721. The molecule has 1 aliphatic rings. The maximum Gasteiger partial charge on any atom is 0.257 e. The third kappa shape index (κ3) is 4.07. The van der Waals surface area contributed by atoms with Crippen molar-refractivity contribution in [1.29, 1.82) is 0 Å². The fourth-order valence-corrected chi connectivity index (χ4v) is 3.82. The van der Waals surface area contributed by atoms with Gasteiger partial charge in [-0.2, -0.15) is 5.10 Å². The molecule has 29 heavy (non-hydrogen) atoms. The van der Waals surface area contributed by atoms with E-state index in [-0.39, 0.29) is 11.7 Å². The van der Waals surface area contributed by atoms with E-state index in [2.05, 4.69) is 5.32 Å². The molecule has 2 heterocycles. The number of carbonyl (C=O) groups is 1. The monoisotopic (exact) mass is 392 g/mol. The zero-order valence-corrected chi connectivity index (χ0v) is 16.7. The van der Waals surface area contributed by atoms with Gasteiger partial charge in [-0.05, 0) is 57.1 Å². The van der Waals surface area contributed by atoms with Gasteiger partial charge in [-0.25, -0.2) is 9.07 Å². The summed E-state index contributed by atoms with van der Waals surface area (Å²) < 4.78 is 15.0. The van der Waals surface area contributed by atoms with Crippen LogP contribution in [0.25, 0.3) is 16.9 Å². The number of benzene rings is 2. The number of hydrogen-bond acceptors (Lipinski definition) is 3. The third-order valence-corrected chi connectivity index (χ3v) is 5.43. The van der Waals surface area contributed by atoms with Crippen LogP contribution in [0, 0.1) is 18.7 Å². The molecule has 1 amide bonds. The molecule has 1 atom stereocenters. The van der Waals surface area contributed by atoms with Crippen LogP contribution in [0.2, 0.25) is 0 Å². The molecule has 5 nitrogen and oxygen atoms in total. The van der Waals surface area contributed by atoms with Crippen molar-refractivity contribution in [3.63, 3.8) is 0 Å². The van der Waals surface area contributed by atoms with Gasteiger partial charge in [-0.3, -0.25) is 4.79 Å². The Hall–Kier alpha value is -2.99. The molecule has 1 aromatic heterocycles. The van der Waals surface area contributed by atoms with E-state index in [1.807, 2.05) is 43.1 Å². The Bertz CT molecular complexity index is 995. The molecule has 1 unspecified atom stereocenters. The summed E-state index contributed by atoms with van der Waals surface area (Å²) in [7, 11) is 1.94. The largest absolute Gasteiger partial charge is 0.338 e. The zero-order valence-electron chi connectivity index (χ0n) is 16.7. The molecule has 3 aromatic rings. The number of halogens is 1. The molecular weight excluding hydrogens is 367 g/mol. The highest BCUT2D eigenvalue weighted by Crippen LogP contribution is 2.27. The van der Waals surface area contributed by atoms with Crippen molar-refractivity contribution in [2.75, 3.05) is 26.7 Å². The van der Waals surface area contributed by atoms with Gasteiger partial charge >= 0.3 is 0 Å². The van der Waals surface area contributed by atoms with E-state index < -0.39 is 0 Å². The standard InChI is InChI=1S/C23H25FN4O/c1-16-3-5-18(6-4-16)22-21(23(29)27-12-11-17(14-27)13-25-2)15-28(26-22)20-9-7-19(24)8-10-20/h3-10,15,17,25H,11-14H2,1-2H3. The molecule has 0 bridgehead atoms. The van der Waals surface area contributed by atoms with Gasteiger partial charge in [0, 0.05) is 24.8 Å². The molecule has 150 valence electrons. The molecule has 1 N–H and O–H groups in total. The normalized spacial score (nSPS) is 16.4. The van der Waals surface area contributed by atoms with Crippen molar-refractivity contribution >= 4 is 5.91 Å². The van der Waals surface area contributed by atoms with Crippen LogP contribution in [0.3, 0.4) is 0 Å². The summed E-state index contributed by atoms with van der Waals surface area (Å²) in [5.74, 6) is 0.162. The van der Waals surface area contributed by atoms with Crippen LogP contribution in [-0.2, 0) is 0 Å². The van der Waals surface area contributed by atoms with Crippen LogP contribution in [0.5, 0.6) is 0 Å². The number of likely N-dealkylation sites (tertiary alicyclic amines) is 1. The second kappa shape index (κ2) is 8.17. The van der Waals surface area contributed by atoms with Crippen LogP contribution < -0.4 is 5.32 Å². The number of hydrogen-bond donors (Lipinski definition) is 1. The van der Waals surface area contributed by atoms with Crippen molar-refractivity contribution in [2.45, 2.75) is 13.3 Å². The van der Waals surface area contributed by atoms with Crippen LogP contribution >= 0.6 is 0 Å². The highest BCUT2D eigenvalue weighted by molar-refractivity contribution is 6.00. The zero-order chi connectivity index (χ0) is 20.4. The maximum absolute atomic E-state index is 13.3. The highest BCUT2D eigenvalue weighted by Gasteiger charge is 2.29. The first-order chi connectivity index (χ1) is 14.0. The van der Waals surface area contributed by atoms with Gasteiger partial charge in [0.25, 0.3) is 5.91 Å². The van der Waals surface area contributed by atoms with E-state index in [1.165, 1.54) is 12.1 Å². The number of aryl methyl sites for hydroxylation is 1. The smallest absolute Gasteiger partial charge is 0.257 e. The first kappa shape index (κ1) is 19.3. The van der Waals surface area contributed by atoms with Crippen molar-refractivity contribution in [1.82, 2.24) is 20.0 Å². The lowest BCUT2D eigenvalue weighted by Crippen LogP contribution is -2.30. The minimum absolute atomic E-state index is 0.00691. The predicted molar refractivity (Wildman–Crippen MR) is 112 cm³/mol. The minimum atomic E-state index is -0.302. The van der Waals surface area contributed by atoms with Gasteiger partial charge in [0.1, 0.15) is 11.5 Å². The molecular formula is C23H25FN4O. The second-order valence-electron chi connectivity index (χ2n) is 7.64. The molecule has 0 saturated carbocycles. The average Bonchev–Trinajstić information content (AvgIpc) is 3.37. The number of nitrogens with one attached hydrogen (secondary N) is 1. The first-order valence-electron chi connectivity index (χ1n) is 9.91. The Morgan fingerprint density at radius 1 is 1.17 bits per heavy atom. The van der Waals surface area contributed by atoms with Crippen molar-refractivity contribution < 1.29 is 9.18 Å². The van der Waals surface area contributed by atoms with Crippen molar-refractivity contribution in [3.8, 4) is 16.9 Å². The van der Waals surface area contributed by atoms with E-state index in [1.54, 1.807) is 23.0 Å². The number of aromatic nitrogens is 2. The maximum atomic E-state index is 13.3. The summed E-state index contributed by atoms with van der Waals surface area (Å²) in [6.45, 7) is 4.43. The van der Waals surface area contributed by atoms with Crippen LogP contribution in [0.15, 0.2) is 54.7 Å². The topological polar surface area (TPSA) is 50.2 Å². The molecule has 1 saturated heterocycles. The highest BCUT2D eigenvalue weighted by atomic mass is 19.1. The third-order valence-electron chi connectivity index (χ3n) is 5.43. The predicted octanol–water partition coefficient (Wildman–Crippen LogP) is 3.67. The van der Waals surface area contributed by atoms with Gasteiger partial charge in [0.2, 0.25) is 0 Å². The van der Waals surface area contributed by atoms with Crippen LogP contribution in [0.4, 0.5) is 4.39 Å². The SMILES string of the molecule is CNCC1CCN(C(=O)c2cn(-c3ccc(F)cc3)nc2-c2ccc(C)cc2)C1. The summed E-state index contributed by atoms with van der Waals surface area (Å²) in [5, 5.41) is 7.89. The lowest BCUT2D eigenvalue weighted by Gasteiger charge is -2.16. The summed E-state index contributed by atoms with van der Waals surface area (Å²) in [6.07, 6.45) is 2.76. The number of rotatable bonds is 5. The Labute approximate surface area is 170 Å². The molecule has 2 aromatic carbocycles. The Kier molecular flexibility index (Phi) is 5.45. The minimum Gasteiger partial charge on any atom is -0.338 e. The second-order valence-corrected chi connectivity index (χ2v) is 7.64. The van der Waals surface area contributed by atoms with Gasteiger partial charge in [0.05, 0.1) is 11.3 Å². The van der Waals surface area contributed by atoms with Gasteiger partial charge in [0.15, 0.2) is 0 Å². The van der Waals surface area contributed by atoms with E-state index in [9.17, 15) is 9.18 Å². The van der Waals surface area contributed by atoms with Crippen LogP contribution in [-0.4, -0.2) is 47.3 Å². The van der Waals surface area contributed by atoms with E-state index in [0.29, 0.717) is 22.9 Å². The average molecular weight is 392 g/mol. The Balaban J connectivity index is 1.71. The van der Waals surface area contributed by atoms with Crippen molar-refractivity contribution in [2.24, 2.45) is 5.92 Å². The summed E-state index contributed by atoms with van der Waals surface area (Å²) in [6, 6.07) is 14.1. The van der Waals surface area contributed by atoms with Gasteiger partial charge in [-0.15, -0.1) is 0 Å². The summed E-state index contributed by atoms with van der Waals surface area (Å²) in [4.78, 5) is 15.3. The number of nitrogens with zero attached hydrogens (tertiary/aromatic N) is 3. The first-order valence-corrected chi connectivity index (χ1v) is 9.91. The molecule has 4 rings (SSSR count). The molecule has 0 aliphatic carbocycles. The fraction of sp³-hybridized carbons (Fsp3) is 0.304. The fourth-order valence-electron chi connectivity index (χ4n) is 3.82. The molecule has 1 fully saturated rings. The molecule has 0 spiro atoms. The van der Waals surface area contributed by atoms with Crippen molar-refractivity contribution in [3.05, 3.63) is 71.7 Å². The molecule has 6 heteroatoms. The van der Waals surface area contributed by atoms with E-state index in [0.717, 1.165) is 37.2 Å². The Morgan fingerprint density at radius 2 is 1.90 bits per heavy atom. The van der Waals surface area contributed by atoms with E-state index in [4.69, 9.17) is 5.10 Å². The van der Waals surface area contributed by atoms with E-state index >= 15 is 0 Å². The number of carbonyl (C=O) groups excluding carboxylic acids is 1. The van der Waals surface area contributed by atoms with Gasteiger partial charge < -0.3 is 10.2 Å². The summed E-state index contributed by atoms with van der Waals surface area (Å²) >= 11 is 0. The number of amides is 1. The lowest BCUT2D eigenvalue weighted by molar-refractivity contribution is 0.0788. The molecule has 0 radical (unpaired) electrons. The van der Waals surface area contributed by atoms with Gasteiger partial charge in [-0.1, -0.05) is 29.8 Å².